The lowest BCUT2D eigenvalue weighted by atomic mass is 9.93. The van der Waals surface area contributed by atoms with Crippen LogP contribution >= 0.6 is 0 Å². The average molecular weight is 714 g/mol. The summed E-state index contributed by atoms with van der Waals surface area (Å²) in [6.45, 7) is 0. The minimum Gasteiger partial charge on any atom is -0.248 e. The number of pyridine rings is 1. The molecule has 0 saturated carbocycles. The van der Waals surface area contributed by atoms with Crippen molar-refractivity contribution in [2.45, 2.75) is 0 Å². The molecule has 0 N–H and O–H groups in total. The van der Waals surface area contributed by atoms with Crippen molar-refractivity contribution in [1.82, 2.24) is 15.0 Å². The molecular formula is C53H35N3. The summed E-state index contributed by atoms with van der Waals surface area (Å²) in [7, 11) is 0. The van der Waals surface area contributed by atoms with E-state index in [1.54, 1.807) is 0 Å². The van der Waals surface area contributed by atoms with Crippen molar-refractivity contribution in [1.29, 1.82) is 0 Å². The lowest BCUT2D eigenvalue weighted by Crippen LogP contribution is -1.96. The van der Waals surface area contributed by atoms with E-state index < -0.39 is 0 Å². The fraction of sp³-hybridized carbons (Fsp3) is 0. The van der Waals surface area contributed by atoms with Crippen molar-refractivity contribution in [2.75, 3.05) is 0 Å². The summed E-state index contributed by atoms with van der Waals surface area (Å²) >= 11 is 0. The molecule has 0 aliphatic carbocycles. The molecule has 3 heteroatoms. The standard InChI is InChI=1S/C53H35N3/c1-4-13-36(14-5-1)38-23-27-42(28-24-38)50-35-51(56-53(55-50)43-29-25-39(26-30-43)37-15-6-2-7-16-37)45-21-12-20-44(33-45)47-34-49(41-18-8-3-9-19-41)54-48-32-31-40-17-10-11-22-46(40)52(47)48/h1-35H. The van der Waals surface area contributed by atoms with E-state index in [1.165, 1.54) is 27.5 Å². The van der Waals surface area contributed by atoms with Gasteiger partial charge in [-0.25, -0.2) is 15.0 Å². The molecule has 56 heavy (non-hydrogen) atoms. The van der Waals surface area contributed by atoms with Crippen LogP contribution in [0.5, 0.6) is 0 Å². The van der Waals surface area contributed by atoms with Crippen molar-refractivity contribution in [3.8, 4) is 78.5 Å². The second kappa shape index (κ2) is 14.4. The van der Waals surface area contributed by atoms with Gasteiger partial charge in [-0.15, -0.1) is 0 Å². The molecule has 0 amide bonds. The Bertz CT molecular complexity index is 2870. The fourth-order valence-electron chi connectivity index (χ4n) is 7.62. The van der Waals surface area contributed by atoms with Gasteiger partial charge in [-0.1, -0.05) is 188 Å². The molecule has 0 fully saturated rings. The summed E-state index contributed by atoms with van der Waals surface area (Å²) < 4.78 is 0. The Labute approximate surface area is 326 Å². The average Bonchev–Trinajstić information content (AvgIpc) is 3.29. The third-order valence-electron chi connectivity index (χ3n) is 10.5. The summed E-state index contributed by atoms with van der Waals surface area (Å²) in [6, 6.07) is 74.5. The third kappa shape index (κ3) is 6.42. The van der Waals surface area contributed by atoms with E-state index in [0.717, 1.165) is 66.9 Å². The number of fused-ring (bicyclic) bond motifs is 3. The highest BCUT2D eigenvalue weighted by molar-refractivity contribution is 6.14. The monoisotopic (exact) mass is 713 g/mol. The minimum absolute atomic E-state index is 0.682. The van der Waals surface area contributed by atoms with Gasteiger partial charge in [0.1, 0.15) is 0 Å². The van der Waals surface area contributed by atoms with Crippen LogP contribution in [0, 0.1) is 0 Å². The van der Waals surface area contributed by atoms with Crippen molar-refractivity contribution in [2.24, 2.45) is 0 Å². The van der Waals surface area contributed by atoms with Crippen LogP contribution in [0.1, 0.15) is 0 Å². The van der Waals surface area contributed by atoms with Crippen molar-refractivity contribution in [3.63, 3.8) is 0 Å². The van der Waals surface area contributed by atoms with E-state index in [9.17, 15) is 0 Å². The summed E-state index contributed by atoms with van der Waals surface area (Å²) in [4.78, 5) is 15.6. The molecule has 8 aromatic carbocycles. The summed E-state index contributed by atoms with van der Waals surface area (Å²) in [5.74, 6) is 0.682. The van der Waals surface area contributed by atoms with Gasteiger partial charge in [0.2, 0.25) is 0 Å². The van der Waals surface area contributed by atoms with Crippen molar-refractivity contribution in [3.05, 3.63) is 212 Å². The van der Waals surface area contributed by atoms with E-state index in [0.29, 0.717) is 5.82 Å². The predicted molar refractivity (Wildman–Crippen MR) is 233 cm³/mol. The maximum atomic E-state index is 5.26. The van der Waals surface area contributed by atoms with Crippen LogP contribution in [0.4, 0.5) is 0 Å². The Morgan fingerprint density at radius 1 is 0.268 bits per heavy atom. The first kappa shape index (κ1) is 33.1. The second-order valence-electron chi connectivity index (χ2n) is 14.0. The molecule has 10 aromatic rings. The SMILES string of the molecule is c1ccc(-c2ccc(-c3cc(-c4cccc(-c5cc(-c6ccccc6)nc6ccc7ccccc7c56)c4)nc(-c4ccc(-c5ccccc5)cc4)n3)cc2)cc1. The Hall–Kier alpha value is -7.49. The molecule has 0 atom stereocenters. The molecule has 262 valence electrons. The molecule has 10 rings (SSSR count). The van der Waals surface area contributed by atoms with Crippen LogP contribution in [-0.2, 0) is 0 Å². The van der Waals surface area contributed by atoms with E-state index in [4.69, 9.17) is 15.0 Å². The van der Waals surface area contributed by atoms with Gasteiger partial charge in [-0.05, 0) is 68.4 Å². The normalized spacial score (nSPS) is 11.2. The lowest BCUT2D eigenvalue weighted by molar-refractivity contribution is 1.18. The number of benzene rings is 8. The first-order chi connectivity index (χ1) is 27.7. The van der Waals surface area contributed by atoms with Crippen LogP contribution in [0.25, 0.3) is 100 Å². The van der Waals surface area contributed by atoms with Gasteiger partial charge in [0.25, 0.3) is 0 Å². The van der Waals surface area contributed by atoms with Crippen LogP contribution < -0.4 is 0 Å². The van der Waals surface area contributed by atoms with E-state index in [-0.39, 0.29) is 0 Å². The molecule has 0 spiro atoms. The van der Waals surface area contributed by atoms with Gasteiger partial charge >= 0.3 is 0 Å². The van der Waals surface area contributed by atoms with E-state index in [2.05, 4.69) is 194 Å². The Morgan fingerprint density at radius 2 is 0.732 bits per heavy atom. The largest absolute Gasteiger partial charge is 0.248 e. The maximum absolute atomic E-state index is 5.26. The highest BCUT2D eigenvalue weighted by Crippen LogP contribution is 2.38. The van der Waals surface area contributed by atoms with E-state index >= 15 is 0 Å². The van der Waals surface area contributed by atoms with Gasteiger partial charge in [-0.3, -0.25) is 0 Å². The summed E-state index contributed by atoms with van der Waals surface area (Å²) in [6.07, 6.45) is 0. The zero-order valence-corrected chi connectivity index (χ0v) is 30.5. The van der Waals surface area contributed by atoms with Gasteiger partial charge in [0.15, 0.2) is 5.82 Å². The molecule has 0 radical (unpaired) electrons. The number of aromatic nitrogens is 3. The smallest absolute Gasteiger partial charge is 0.160 e. The quantitative estimate of drug-likeness (QED) is 0.154. The van der Waals surface area contributed by atoms with Crippen LogP contribution in [-0.4, -0.2) is 15.0 Å². The molecule has 3 nitrogen and oxygen atoms in total. The van der Waals surface area contributed by atoms with Crippen LogP contribution in [0.15, 0.2) is 212 Å². The molecule has 0 bridgehead atoms. The second-order valence-corrected chi connectivity index (χ2v) is 14.0. The highest BCUT2D eigenvalue weighted by Gasteiger charge is 2.16. The summed E-state index contributed by atoms with van der Waals surface area (Å²) in [5, 5.41) is 3.51. The molecular weight excluding hydrogens is 679 g/mol. The molecule has 0 aliphatic heterocycles. The number of hydrogen-bond acceptors (Lipinski definition) is 3. The zero-order chi connectivity index (χ0) is 37.3. The van der Waals surface area contributed by atoms with Crippen molar-refractivity contribution >= 4 is 21.7 Å². The summed E-state index contributed by atoms with van der Waals surface area (Å²) in [5.41, 5.74) is 14.7. The van der Waals surface area contributed by atoms with Gasteiger partial charge in [0, 0.05) is 27.6 Å². The highest BCUT2D eigenvalue weighted by atomic mass is 14.9. The maximum Gasteiger partial charge on any atom is 0.160 e. The van der Waals surface area contributed by atoms with Crippen LogP contribution in [0.3, 0.4) is 0 Å². The number of hydrogen-bond donors (Lipinski definition) is 0. The molecule has 2 aromatic heterocycles. The lowest BCUT2D eigenvalue weighted by Gasteiger charge is -2.14. The number of nitrogens with zero attached hydrogens (tertiary/aromatic N) is 3. The molecule has 0 saturated heterocycles. The van der Waals surface area contributed by atoms with Gasteiger partial charge < -0.3 is 0 Å². The van der Waals surface area contributed by atoms with Gasteiger partial charge in [-0.2, -0.15) is 0 Å². The molecule has 0 unspecified atom stereocenters. The Morgan fingerprint density at radius 3 is 1.39 bits per heavy atom. The first-order valence-corrected chi connectivity index (χ1v) is 18.9. The third-order valence-corrected chi connectivity index (χ3v) is 10.5. The van der Waals surface area contributed by atoms with E-state index in [1.807, 2.05) is 18.2 Å². The topological polar surface area (TPSA) is 38.7 Å². The first-order valence-electron chi connectivity index (χ1n) is 18.9. The zero-order valence-electron chi connectivity index (χ0n) is 30.5. The fourth-order valence-corrected chi connectivity index (χ4v) is 7.62. The number of rotatable bonds is 7. The predicted octanol–water partition coefficient (Wildman–Crippen LogP) is 13.8. The van der Waals surface area contributed by atoms with Crippen LogP contribution in [0.2, 0.25) is 0 Å². The Kier molecular flexibility index (Phi) is 8.51. The van der Waals surface area contributed by atoms with Crippen molar-refractivity contribution < 1.29 is 0 Å². The minimum atomic E-state index is 0.682. The van der Waals surface area contributed by atoms with Gasteiger partial charge in [0.05, 0.1) is 22.6 Å². The molecule has 2 heterocycles. The Balaban J connectivity index is 1.13. The molecule has 0 aliphatic rings.